The maximum Gasteiger partial charge on any atom is 0.319 e. The van der Waals surface area contributed by atoms with Crippen molar-refractivity contribution in [3.63, 3.8) is 0 Å². The highest BCUT2D eigenvalue weighted by atomic mass is 16.5. The van der Waals surface area contributed by atoms with Crippen LogP contribution in [-0.4, -0.2) is 12.1 Å². The van der Waals surface area contributed by atoms with E-state index in [0.717, 1.165) is 17.2 Å². The molecule has 2 amide bonds. The Kier molecular flexibility index (Phi) is 5.42. The molecule has 0 aliphatic carbocycles. The third kappa shape index (κ3) is 4.81. The maximum atomic E-state index is 11.8. The Labute approximate surface area is 131 Å². The zero-order valence-corrected chi connectivity index (χ0v) is 13.2. The molecule has 0 heterocycles. The number of benzene rings is 2. The minimum absolute atomic E-state index is 0.126. The van der Waals surface area contributed by atoms with Crippen molar-refractivity contribution in [3.8, 4) is 11.5 Å². The first-order valence-electron chi connectivity index (χ1n) is 7.45. The third-order valence-corrected chi connectivity index (χ3v) is 3.45. The van der Waals surface area contributed by atoms with Gasteiger partial charge in [0.15, 0.2) is 0 Å². The highest BCUT2D eigenvalue weighted by Gasteiger charge is 2.10. The number of ether oxygens (including phenoxy) is 1. The van der Waals surface area contributed by atoms with E-state index in [9.17, 15) is 4.79 Å². The Morgan fingerprint density at radius 2 is 1.50 bits per heavy atom. The van der Waals surface area contributed by atoms with Crippen molar-refractivity contribution < 1.29 is 9.53 Å². The topological polar surface area (TPSA) is 50.4 Å². The molecule has 4 nitrogen and oxygen atoms in total. The number of carbonyl (C=O) groups excluding carboxylic acids is 1. The molecule has 2 aromatic carbocycles. The summed E-state index contributed by atoms with van der Waals surface area (Å²) in [5.41, 5.74) is 0.730. The van der Waals surface area contributed by atoms with Gasteiger partial charge in [0, 0.05) is 11.7 Å². The van der Waals surface area contributed by atoms with E-state index in [4.69, 9.17) is 4.74 Å². The van der Waals surface area contributed by atoms with E-state index in [0.29, 0.717) is 5.92 Å². The summed E-state index contributed by atoms with van der Waals surface area (Å²) < 4.78 is 5.71. The van der Waals surface area contributed by atoms with Gasteiger partial charge in [-0.1, -0.05) is 32.0 Å². The Bertz CT molecular complexity index is 594. The molecule has 0 radical (unpaired) electrons. The summed E-state index contributed by atoms with van der Waals surface area (Å²) in [6, 6.07) is 16.8. The molecular formula is C18H22N2O2. The van der Waals surface area contributed by atoms with Crippen molar-refractivity contribution in [2.75, 3.05) is 5.32 Å². The average Bonchev–Trinajstić information content (AvgIpc) is 2.50. The summed E-state index contributed by atoms with van der Waals surface area (Å²) in [6.07, 6.45) is 0. The van der Waals surface area contributed by atoms with Gasteiger partial charge in [-0.15, -0.1) is 0 Å². The van der Waals surface area contributed by atoms with Crippen LogP contribution in [0.3, 0.4) is 0 Å². The molecule has 4 heteroatoms. The molecule has 0 aliphatic heterocycles. The highest BCUT2D eigenvalue weighted by Crippen LogP contribution is 2.22. The highest BCUT2D eigenvalue weighted by molar-refractivity contribution is 5.89. The number of anilines is 1. The average molecular weight is 298 g/mol. The third-order valence-electron chi connectivity index (χ3n) is 3.45. The molecule has 0 bridgehead atoms. The molecule has 22 heavy (non-hydrogen) atoms. The normalized spacial score (nSPS) is 11.8. The number of hydrogen-bond donors (Lipinski definition) is 2. The van der Waals surface area contributed by atoms with Crippen LogP contribution in [0, 0.1) is 5.92 Å². The lowest BCUT2D eigenvalue weighted by molar-refractivity contribution is 0.246. The number of amides is 2. The van der Waals surface area contributed by atoms with E-state index in [1.165, 1.54) is 0 Å². The fraction of sp³-hybridized carbons (Fsp3) is 0.278. The molecule has 0 spiro atoms. The van der Waals surface area contributed by atoms with Crippen LogP contribution < -0.4 is 15.4 Å². The molecule has 2 rings (SSSR count). The van der Waals surface area contributed by atoms with Gasteiger partial charge in [-0.25, -0.2) is 4.79 Å². The molecule has 2 aromatic rings. The van der Waals surface area contributed by atoms with Crippen LogP contribution in [0.2, 0.25) is 0 Å². The largest absolute Gasteiger partial charge is 0.457 e. The minimum Gasteiger partial charge on any atom is -0.457 e. The van der Waals surface area contributed by atoms with Gasteiger partial charge in [0.25, 0.3) is 0 Å². The number of urea groups is 1. The van der Waals surface area contributed by atoms with E-state index in [1.807, 2.05) is 61.5 Å². The Morgan fingerprint density at radius 1 is 0.909 bits per heavy atom. The lowest BCUT2D eigenvalue weighted by atomic mass is 10.1. The lowest BCUT2D eigenvalue weighted by Crippen LogP contribution is -2.38. The summed E-state index contributed by atoms with van der Waals surface area (Å²) in [5, 5.41) is 5.71. The first-order valence-corrected chi connectivity index (χ1v) is 7.45. The van der Waals surface area contributed by atoms with Crippen molar-refractivity contribution in [2.24, 2.45) is 5.92 Å². The van der Waals surface area contributed by atoms with Crippen LogP contribution in [0.15, 0.2) is 54.6 Å². The number of carbonyl (C=O) groups is 1. The van der Waals surface area contributed by atoms with Crippen LogP contribution in [0.25, 0.3) is 0 Å². The fourth-order valence-corrected chi connectivity index (χ4v) is 1.77. The summed E-state index contributed by atoms with van der Waals surface area (Å²) >= 11 is 0. The van der Waals surface area contributed by atoms with Gasteiger partial charge in [0.2, 0.25) is 0 Å². The lowest BCUT2D eigenvalue weighted by Gasteiger charge is -2.17. The number of hydrogen-bond acceptors (Lipinski definition) is 2. The van der Waals surface area contributed by atoms with Crippen LogP contribution in [-0.2, 0) is 0 Å². The first-order chi connectivity index (χ1) is 10.5. The van der Waals surface area contributed by atoms with Crippen LogP contribution in [0.5, 0.6) is 11.5 Å². The maximum absolute atomic E-state index is 11.8. The predicted molar refractivity (Wildman–Crippen MR) is 89.4 cm³/mol. The van der Waals surface area contributed by atoms with Gasteiger partial charge in [-0.3, -0.25) is 0 Å². The molecule has 0 saturated carbocycles. The molecule has 0 aliphatic rings. The second kappa shape index (κ2) is 7.50. The summed E-state index contributed by atoms with van der Waals surface area (Å²) in [4.78, 5) is 11.8. The molecule has 1 unspecified atom stereocenters. The summed E-state index contributed by atoms with van der Waals surface area (Å²) in [7, 11) is 0. The fourth-order valence-electron chi connectivity index (χ4n) is 1.77. The quantitative estimate of drug-likeness (QED) is 0.844. The number of rotatable bonds is 5. The van der Waals surface area contributed by atoms with Crippen LogP contribution in [0.1, 0.15) is 20.8 Å². The predicted octanol–water partition coefficient (Wildman–Crippen LogP) is 4.64. The second-order valence-electron chi connectivity index (χ2n) is 5.57. The smallest absolute Gasteiger partial charge is 0.319 e. The van der Waals surface area contributed by atoms with Crippen LogP contribution in [0.4, 0.5) is 10.5 Å². The van der Waals surface area contributed by atoms with E-state index in [2.05, 4.69) is 24.5 Å². The molecule has 1 atom stereocenters. The number of nitrogens with one attached hydrogen (secondary N) is 2. The molecule has 0 aromatic heterocycles. The summed E-state index contributed by atoms with van der Waals surface area (Å²) in [5.74, 6) is 1.91. The van der Waals surface area contributed by atoms with E-state index in [-0.39, 0.29) is 12.1 Å². The van der Waals surface area contributed by atoms with Crippen LogP contribution >= 0.6 is 0 Å². The van der Waals surface area contributed by atoms with Crippen molar-refractivity contribution in [1.29, 1.82) is 0 Å². The standard InChI is InChI=1S/C18H22N2O2/c1-13(2)14(3)19-18(21)20-15-9-11-17(12-10-15)22-16-7-5-4-6-8-16/h4-14H,1-3H3,(H2,19,20,21). The van der Waals surface area contributed by atoms with E-state index < -0.39 is 0 Å². The van der Waals surface area contributed by atoms with E-state index >= 15 is 0 Å². The van der Waals surface area contributed by atoms with Crippen molar-refractivity contribution in [3.05, 3.63) is 54.6 Å². The molecule has 2 N–H and O–H groups in total. The Hall–Kier alpha value is -2.49. The van der Waals surface area contributed by atoms with Gasteiger partial charge in [0.05, 0.1) is 0 Å². The second-order valence-corrected chi connectivity index (χ2v) is 5.57. The van der Waals surface area contributed by atoms with Gasteiger partial charge in [-0.2, -0.15) is 0 Å². The van der Waals surface area contributed by atoms with Crippen molar-refractivity contribution in [1.82, 2.24) is 5.32 Å². The van der Waals surface area contributed by atoms with Gasteiger partial charge < -0.3 is 15.4 Å². The first kappa shape index (κ1) is 15.9. The van der Waals surface area contributed by atoms with Gasteiger partial charge in [-0.05, 0) is 49.2 Å². The Balaban J connectivity index is 1.90. The molecule has 116 valence electrons. The summed E-state index contributed by atoms with van der Waals surface area (Å²) in [6.45, 7) is 6.13. The number of para-hydroxylation sites is 1. The molecule has 0 fully saturated rings. The van der Waals surface area contributed by atoms with Gasteiger partial charge >= 0.3 is 6.03 Å². The van der Waals surface area contributed by atoms with Crippen molar-refractivity contribution >= 4 is 11.7 Å². The van der Waals surface area contributed by atoms with Crippen molar-refractivity contribution in [2.45, 2.75) is 26.8 Å². The Morgan fingerprint density at radius 3 is 2.09 bits per heavy atom. The van der Waals surface area contributed by atoms with E-state index in [1.54, 1.807) is 0 Å². The zero-order chi connectivity index (χ0) is 15.9. The zero-order valence-electron chi connectivity index (χ0n) is 13.2. The molecule has 0 saturated heterocycles. The van der Waals surface area contributed by atoms with Gasteiger partial charge in [0.1, 0.15) is 11.5 Å². The molecular weight excluding hydrogens is 276 g/mol. The SMILES string of the molecule is CC(C)C(C)NC(=O)Nc1ccc(Oc2ccccc2)cc1. The minimum atomic E-state index is -0.196. The monoisotopic (exact) mass is 298 g/mol.